The van der Waals surface area contributed by atoms with Gasteiger partial charge in [0.1, 0.15) is 0 Å². The molecule has 0 N–H and O–H groups in total. The molecule has 0 amide bonds. The van der Waals surface area contributed by atoms with Crippen molar-refractivity contribution in [3.8, 4) is 0 Å². The number of hydrogen-bond donors (Lipinski definition) is 0. The third-order valence-electron chi connectivity index (χ3n) is 2.34. The van der Waals surface area contributed by atoms with Crippen LogP contribution in [0.3, 0.4) is 0 Å². The number of ether oxygens (including phenoxy) is 1. The summed E-state index contributed by atoms with van der Waals surface area (Å²) in [6, 6.07) is 9.07. The van der Waals surface area contributed by atoms with Gasteiger partial charge in [0.2, 0.25) is 0 Å². The fourth-order valence-corrected chi connectivity index (χ4v) is 1.43. The maximum atomic E-state index is 11.6. The molecule has 0 bridgehead atoms. The predicted octanol–water partition coefficient (Wildman–Crippen LogP) is 3.59. The van der Waals surface area contributed by atoms with E-state index in [4.69, 9.17) is 4.74 Å². The quantitative estimate of drug-likeness (QED) is 0.414. The maximum Gasteiger partial charge on any atom is 0.338 e. The van der Waals surface area contributed by atoms with Crippen molar-refractivity contribution in [3.05, 3.63) is 48.6 Å². The summed E-state index contributed by atoms with van der Waals surface area (Å²) in [7, 11) is 0. The van der Waals surface area contributed by atoms with E-state index in [0.717, 1.165) is 19.3 Å². The first-order valence-corrected chi connectivity index (χ1v) is 5.61. The average molecular weight is 218 g/mol. The van der Waals surface area contributed by atoms with Crippen LogP contribution < -0.4 is 0 Å². The molecule has 1 aromatic rings. The van der Waals surface area contributed by atoms with E-state index in [9.17, 15) is 4.79 Å². The molecule has 16 heavy (non-hydrogen) atoms. The van der Waals surface area contributed by atoms with Gasteiger partial charge < -0.3 is 4.74 Å². The highest BCUT2D eigenvalue weighted by atomic mass is 16.5. The Hall–Kier alpha value is -1.57. The molecule has 0 radical (unpaired) electrons. The zero-order valence-corrected chi connectivity index (χ0v) is 9.69. The zero-order valence-electron chi connectivity index (χ0n) is 9.69. The molecule has 2 heteroatoms. The van der Waals surface area contributed by atoms with Crippen LogP contribution in [0.1, 0.15) is 36.5 Å². The highest BCUT2D eigenvalue weighted by Crippen LogP contribution is 2.08. The topological polar surface area (TPSA) is 26.3 Å². The molecule has 0 spiro atoms. The Balaban J connectivity index is 2.37. The molecule has 0 saturated carbocycles. The van der Waals surface area contributed by atoms with Crippen molar-refractivity contribution in [1.82, 2.24) is 0 Å². The molecular weight excluding hydrogens is 200 g/mol. The second-order valence-electron chi connectivity index (χ2n) is 3.80. The Labute approximate surface area is 96.9 Å². The first-order chi connectivity index (χ1) is 7.74. The molecule has 0 fully saturated rings. The largest absolute Gasteiger partial charge is 0.459 e. The molecule has 0 unspecified atom stereocenters. The van der Waals surface area contributed by atoms with E-state index in [1.54, 1.807) is 12.1 Å². The van der Waals surface area contributed by atoms with Gasteiger partial charge in [-0.05, 0) is 38.3 Å². The van der Waals surface area contributed by atoms with Crippen LogP contribution in [-0.2, 0) is 4.74 Å². The average Bonchev–Trinajstić information content (AvgIpc) is 2.30. The van der Waals surface area contributed by atoms with Gasteiger partial charge in [-0.2, -0.15) is 0 Å². The first kappa shape index (κ1) is 12.5. The van der Waals surface area contributed by atoms with Crippen LogP contribution in [0.25, 0.3) is 0 Å². The van der Waals surface area contributed by atoms with Gasteiger partial charge in [0.05, 0.1) is 11.7 Å². The summed E-state index contributed by atoms with van der Waals surface area (Å²) >= 11 is 0. The van der Waals surface area contributed by atoms with Crippen LogP contribution >= 0.6 is 0 Å². The predicted molar refractivity (Wildman–Crippen MR) is 65.4 cm³/mol. The lowest BCUT2D eigenvalue weighted by Gasteiger charge is -2.12. The molecule has 0 aliphatic carbocycles. The van der Waals surface area contributed by atoms with Crippen molar-refractivity contribution in [2.75, 3.05) is 0 Å². The second kappa shape index (κ2) is 6.83. The van der Waals surface area contributed by atoms with Crippen molar-refractivity contribution in [1.29, 1.82) is 0 Å². The van der Waals surface area contributed by atoms with E-state index in [0.29, 0.717) is 5.56 Å². The van der Waals surface area contributed by atoms with Gasteiger partial charge in [-0.15, -0.1) is 6.58 Å². The molecule has 0 aliphatic heterocycles. The lowest BCUT2D eigenvalue weighted by molar-refractivity contribution is 0.0321. The zero-order chi connectivity index (χ0) is 11.8. The highest BCUT2D eigenvalue weighted by Gasteiger charge is 2.10. The Bertz CT molecular complexity index is 330. The summed E-state index contributed by atoms with van der Waals surface area (Å²) in [6.07, 6.45) is 4.70. The van der Waals surface area contributed by atoms with Crippen molar-refractivity contribution >= 4 is 5.97 Å². The van der Waals surface area contributed by atoms with Gasteiger partial charge in [-0.1, -0.05) is 24.3 Å². The van der Waals surface area contributed by atoms with E-state index in [2.05, 4.69) is 6.58 Å². The number of allylic oxidation sites excluding steroid dienone is 1. The number of unbranched alkanes of at least 4 members (excludes halogenated alkanes) is 1. The SMILES string of the molecule is C=CCCC[C@H](C)OC(=O)c1ccccc1. The normalized spacial score (nSPS) is 11.8. The Morgan fingerprint density at radius 2 is 2.12 bits per heavy atom. The van der Waals surface area contributed by atoms with Crippen LogP contribution in [0, 0.1) is 0 Å². The molecule has 0 aromatic heterocycles. The summed E-state index contributed by atoms with van der Waals surface area (Å²) in [5.74, 6) is -0.244. The fourth-order valence-electron chi connectivity index (χ4n) is 1.43. The molecule has 0 aliphatic rings. The molecule has 2 nitrogen and oxygen atoms in total. The van der Waals surface area contributed by atoms with Gasteiger partial charge in [-0.3, -0.25) is 0 Å². The van der Waals surface area contributed by atoms with Crippen LogP contribution in [0.5, 0.6) is 0 Å². The third-order valence-corrected chi connectivity index (χ3v) is 2.34. The van der Waals surface area contributed by atoms with Crippen LogP contribution in [0.4, 0.5) is 0 Å². The summed E-state index contributed by atoms with van der Waals surface area (Å²) in [4.78, 5) is 11.6. The summed E-state index contributed by atoms with van der Waals surface area (Å²) < 4.78 is 5.31. The highest BCUT2D eigenvalue weighted by molar-refractivity contribution is 5.89. The first-order valence-electron chi connectivity index (χ1n) is 5.61. The fraction of sp³-hybridized carbons (Fsp3) is 0.357. The molecular formula is C14H18O2. The molecule has 1 aromatic carbocycles. The Morgan fingerprint density at radius 1 is 1.44 bits per heavy atom. The van der Waals surface area contributed by atoms with E-state index in [1.165, 1.54) is 0 Å². The standard InChI is InChI=1S/C14H18O2/c1-3-4-6-9-12(2)16-14(15)13-10-7-5-8-11-13/h3,5,7-8,10-12H,1,4,6,9H2,2H3/t12-/m0/s1. The second-order valence-corrected chi connectivity index (χ2v) is 3.80. The van der Waals surface area contributed by atoms with Crippen LogP contribution in [0.15, 0.2) is 43.0 Å². The van der Waals surface area contributed by atoms with E-state index >= 15 is 0 Å². The number of benzene rings is 1. The number of carbonyl (C=O) groups excluding carboxylic acids is 1. The van der Waals surface area contributed by atoms with E-state index in [1.807, 2.05) is 31.2 Å². The molecule has 86 valence electrons. The van der Waals surface area contributed by atoms with Gasteiger partial charge in [-0.25, -0.2) is 4.79 Å². The smallest absolute Gasteiger partial charge is 0.338 e. The lowest BCUT2D eigenvalue weighted by Crippen LogP contribution is -2.14. The van der Waals surface area contributed by atoms with Gasteiger partial charge in [0.15, 0.2) is 0 Å². The summed E-state index contributed by atoms with van der Waals surface area (Å²) in [5, 5.41) is 0. The minimum Gasteiger partial charge on any atom is -0.459 e. The van der Waals surface area contributed by atoms with Crippen molar-refractivity contribution in [2.45, 2.75) is 32.3 Å². The summed E-state index contributed by atoms with van der Waals surface area (Å²) in [6.45, 7) is 5.58. The van der Waals surface area contributed by atoms with Crippen molar-refractivity contribution in [3.63, 3.8) is 0 Å². The lowest BCUT2D eigenvalue weighted by atomic mass is 10.1. The van der Waals surface area contributed by atoms with Crippen LogP contribution in [-0.4, -0.2) is 12.1 Å². The third kappa shape index (κ3) is 4.30. The molecule has 0 saturated heterocycles. The van der Waals surface area contributed by atoms with E-state index in [-0.39, 0.29) is 12.1 Å². The minimum atomic E-state index is -0.244. The molecule has 1 rings (SSSR count). The van der Waals surface area contributed by atoms with Crippen LogP contribution in [0.2, 0.25) is 0 Å². The Kier molecular flexibility index (Phi) is 5.34. The van der Waals surface area contributed by atoms with Gasteiger partial charge in [0.25, 0.3) is 0 Å². The van der Waals surface area contributed by atoms with E-state index < -0.39 is 0 Å². The minimum absolute atomic E-state index is 0.0346. The van der Waals surface area contributed by atoms with Gasteiger partial charge in [0, 0.05) is 0 Å². The summed E-state index contributed by atoms with van der Waals surface area (Å²) in [5.41, 5.74) is 0.609. The number of rotatable bonds is 6. The molecule has 1 atom stereocenters. The number of hydrogen-bond acceptors (Lipinski definition) is 2. The number of carbonyl (C=O) groups is 1. The maximum absolute atomic E-state index is 11.6. The monoisotopic (exact) mass is 218 g/mol. The van der Waals surface area contributed by atoms with Gasteiger partial charge >= 0.3 is 5.97 Å². The molecule has 0 heterocycles. The van der Waals surface area contributed by atoms with Crippen molar-refractivity contribution < 1.29 is 9.53 Å². The number of esters is 1. The Morgan fingerprint density at radius 3 is 2.75 bits per heavy atom. The van der Waals surface area contributed by atoms with Crippen molar-refractivity contribution in [2.24, 2.45) is 0 Å².